The molecular formula is C16H28N2O3. The number of amides is 2. The molecule has 21 heavy (non-hydrogen) atoms. The third kappa shape index (κ3) is 3.39. The molecule has 0 aromatic heterocycles. The molecule has 0 radical (unpaired) electrons. The summed E-state index contributed by atoms with van der Waals surface area (Å²) in [4.78, 5) is 26.8. The molecule has 120 valence electrons. The van der Waals surface area contributed by atoms with Crippen molar-refractivity contribution < 1.29 is 14.3 Å². The van der Waals surface area contributed by atoms with Gasteiger partial charge in [0.15, 0.2) is 0 Å². The minimum Gasteiger partial charge on any atom is -0.373 e. The molecule has 3 atom stereocenters. The highest BCUT2D eigenvalue weighted by Crippen LogP contribution is 2.27. The molecule has 3 unspecified atom stereocenters. The van der Waals surface area contributed by atoms with Crippen molar-refractivity contribution in [1.29, 1.82) is 0 Å². The van der Waals surface area contributed by atoms with Crippen LogP contribution in [0.4, 0.5) is 0 Å². The van der Waals surface area contributed by atoms with Crippen LogP contribution in [0.5, 0.6) is 0 Å². The Morgan fingerprint density at radius 2 is 2.00 bits per heavy atom. The Balaban J connectivity index is 2.13. The Kier molecular flexibility index (Phi) is 4.61. The molecule has 2 rings (SSSR count). The second kappa shape index (κ2) is 5.95. The first-order chi connectivity index (χ1) is 9.71. The lowest BCUT2D eigenvalue weighted by Crippen LogP contribution is -2.69. The summed E-state index contributed by atoms with van der Waals surface area (Å²) in [5.41, 5.74) is -0.806. The first-order valence-corrected chi connectivity index (χ1v) is 7.99. The van der Waals surface area contributed by atoms with E-state index in [-0.39, 0.29) is 24.0 Å². The Bertz CT molecular complexity index is 420. The van der Waals surface area contributed by atoms with Crippen LogP contribution in [0, 0.1) is 5.92 Å². The van der Waals surface area contributed by atoms with Crippen molar-refractivity contribution in [2.75, 3.05) is 6.54 Å². The molecule has 0 spiro atoms. The lowest BCUT2D eigenvalue weighted by Gasteiger charge is -2.45. The van der Waals surface area contributed by atoms with Gasteiger partial charge in [-0.3, -0.25) is 9.59 Å². The fourth-order valence-corrected chi connectivity index (χ4v) is 3.16. The summed E-state index contributed by atoms with van der Waals surface area (Å²) in [6.45, 7) is 10.3. The number of piperazine rings is 1. The van der Waals surface area contributed by atoms with Crippen molar-refractivity contribution in [1.82, 2.24) is 10.2 Å². The van der Waals surface area contributed by atoms with E-state index < -0.39 is 11.6 Å². The van der Waals surface area contributed by atoms with E-state index in [9.17, 15) is 9.59 Å². The molecule has 0 saturated carbocycles. The fourth-order valence-electron chi connectivity index (χ4n) is 3.16. The highest BCUT2D eigenvalue weighted by Gasteiger charge is 2.47. The van der Waals surface area contributed by atoms with Crippen LogP contribution >= 0.6 is 0 Å². The van der Waals surface area contributed by atoms with Gasteiger partial charge >= 0.3 is 0 Å². The number of hydrogen-bond donors (Lipinski definition) is 1. The molecule has 2 aliphatic heterocycles. The van der Waals surface area contributed by atoms with Crippen molar-refractivity contribution in [2.45, 2.75) is 77.7 Å². The topological polar surface area (TPSA) is 58.6 Å². The van der Waals surface area contributed by atoms with Crippen molar-refractivity contribution in [2.24, 2.45) is 5.92 Å². The van der Waals surface area contributed by atoms with Gasteiger partial charge in [-0.2, -0.15) is 0 Å². The standard InChI is InChI=1S/C16H28N2O3/c1-10(2)8-13-14(19)18(16(4,5)15(20)17-13)9-12-7-6-11(3)21-12/h10-13H,6-9H2,1-5H3,(H,17,20). The van der Waals surface area contributed by atoms with E-state index in [0.29, 0.717) is 18.9 Å². The Morgan fingerprint density at radius 3 is 2.52 bits per heavy atom. The van der Waals surface area contributed by atoms with Gasteiger partial charge in [0.25, 0.3) is 0 Å². The first-order valence-electron chi connectivity index (χ1n) is 7.99. The second-order valence-corrected chi connectivity index (χ2v) is 7.31. The molecule has 2 amide bonds. The molecule has 5 nitrogen and oxygen atoms in total. The monoisotopic (exact) mass is 296 g/mol. The molecule has 1 N–H and O–H groups in total. The van der Waals surface area contributed by atoms with Crippen molar-refractivity contribution in [3.05, 3.63) is 0 Å². The zero-order valence-corrected chi connectivity index (χ0v) is 13.8. The van der Waals surface area contributed by atoms with Crippen LogP contribution in [0.3, 0.4) is 0 Å². The molecule has 2 aliphatic rings. The Labute approximate surface area is 127 Å². The predicted molar refractivity (Wildman–Crippen MR) is 80.7 cm³/mol. The van der Waals surface area contributed by atoms with Gasteiger partial charge in [-0.25, -0.2) is 0 Å². The van der Waals surface area contributed by atoms with Crippen LogP contribution in [0.15, 0.2) is 0 Å². The van der Waals surface area contributed by atoms with Gasteiger partial charge in [0, 0.05) is 6.54 Å². The summed E-state index contributed by atoms with van der Waals surface area (Å²) < 4.78 is 5.83. The van der Waals surface area contributed by atoms with E-state index in [1.807, 2.05) is 13.8 Å². The Hall–Kier alpha value is -1.10. The zero-order valence-electron chi connectivity index (χ0n) is 13.8. The van der Waals surface area contributed by atoms with Crippen LogP contribution in [-0.4, -0.2) is 47.0 Å². The number of carbonyl (C=O) groups excluding carboxylic acids is 2. The lowest BCUT2D eigenvalue weighted by molar-refractivity contribution is -0.158. The van der Waals surface area contributed by atoms with Crippen LogP contribution < -0.4 is 5.32 Å². The highest BCUT2D eigenvalue weighted by atomic mass is 16.5. The minimum absolute atomic E-state index is 0.0245. The van der Waals surface area contributed by atoms with E-state index in [2.05, 4.69) is 26.1 Å². The van der Waals surface area contributed by atoms with Crippen LogP contribution in [0.2, 0.25) is 0 Å². The quantitative estimate of drug-likeness (QED) is 0.859. The van der Waals surface area contributed by atoms with Gasteiger partial charge in [-0.15, -0.1) is 0 Å². The molecule has 0 aromatic carbocycles. The maximum atomic E-state index is 12.7. The summed E-state index contributed by atoms with van der Waals surface area (Å²) >= 11 is 0. The minimum atomic E-state index is -0.806. The number of hydrogen-bond acceptors (Lipinski definition) is 3. The van der Waals surface area contributed by atoms with Gasteiger partial charge in [-0.1, -0.05) is 13.8 Å². The average Bonchev–Trinajstić information content (AvgIpc) is 2.77. The van der Waals surface area contributed by atoms with Crippen LogP contribution in [0.25, 0.3) is 0 Å². The van der Waals surface area contributed by atoms with Gasteiger partial charge < -0.3 is 15.0 Å². The maximum absolute atomic E-state index is 12.7. The summed E-state index contributed by atoms with van der Waals surface area (Å²) in [5, 5.41) is 2.88. The first kappa shape index (κ1) is 16.3. The van der Waals surface area contributed by atoms with Crippen LogP contribution in [-0.2, 0) is 14.3 Å². The average molecular weight is 296 g/mol. The maximum Gasteiger partial charge on any atom is 0.246 e. The van der Waals surface area contributed by atoms with Gasteiger partial charge in [-0.05, 0) is 46.0 Å². The summed E-state index contributed by atoms with van der Waals surface area (Å²) in [5.74, 6) is 0.320. The highest BCUT2D eigenvalue weighted by molar-refractivity contribution is 5.99. The third-order valence-corrected chi connectivity index (χ3v) is 4.51. The smallest absolute Gasteiger partial charge is 0.246 e. The van der Waals surface area contributed by atoms with E-state index in [1.54, 1.807) is 4.90 Å². The van der Waals surface area contributed by atoms with Gasteiger partial charge in [0.05, 0.1) is 12.2 Å². The molecule has 0 aromatic rings. The summed E-state index contributed by atoms with van der Waals surface area (Å²) in [6, 6.07) is -0.399. The Morgan fingerprint density at radius 1 is 1.33 bits per heavy atom. The molecule has 5 heteroatoms. The lowest BCUT2D eigenvalue weighted by atomic mass is 9.91. The van der Waals surface area contributed by atoms with E-state index >= 15 is 0 Å². The van der Waals surface area contributed by atoms with Crippen molar-refractivity contribution in [3.8, 4) is 0 Å². The summed E-state index contributed by atoms with van der Waals surface area (Å²) in [7, 11) is 0. The number of ether oxygens (including phenoxy) is 1. The van der Waals surface area contributed by atoms with Crippen molar-refractivity contribution >= 4 is 11.8 Å². The SMILES string of the molecule is CC(C)CC1NC(=O)C(C)(C)N(CC2CCC(C)O2)C1=O. The third-order valence-electron chi connectivity index (χ3n) is 4.51. The van der Waals surface area contributed by atoms with Gasteiger partial charge in [0.1, 0.15) is 11.6 Å². The molecule has 2 saturated heterocycles. The van der Waals surface area contributed by atoms with E-state index in [4.69, 9.17) is 4.74 Å². The molecule has 2 fully saturated rings. The molecular weight excluding hydrogens is 268 g/mol. The number of carbonyl (C=O) groups is 2. The number of nitrogens with one attached hydrogen (secondary N) is 1. The number of rotatable bonds is 4. The zero-order chi connectivity index (χ0) is 15.8. The fraction of sp³-hybridized carbons (Fsp3) is 0.875. The largest absolute Gasteiger partial charge is 0.373 e. The summed E-state index contributed by atoms with van der Waals surface area (Å²) in [6.07, 6.45) is 2.96. The van der Waals surface area contributed by atoms with Crippen molar-refractivity contribution in [3.63, 3.8) is 0 Å². The van der Waals surface area contributed by atoms with E-state index in [1.165, 1.54) is 0 Å². The van der Waals surface area contributed by atoms with Crippen LogP contribution in [0.1, 0.15) is 53.9 Å². The van der Waals surface area contributed by atoms with E-state index in [0.717, 1.165) is 12.8 Å². The second-order valence-electron chi connectivity index (χ2n) is 7.31. The molecule has 0 bridgehead atoms. The number of nitrogens with zero attached hydrogens (tertiary/aromatic N) is 1. The van der Waals surface area contributed by atoms with Gasteiger partial charge in [0.2, 0.25) is 11.8 Å². The molecule has 0 aliphatic carbocycles. The predicted octanol–water partition coefficient (Wildman–Crippen LogP) is 1.71. The molecule has 2 heterocycles. The normalized spacial score (nSPS) is 32.7.